The van der Waals surface area contributed by atoms with Gasteiger partial charge in [-0.05, 0) is 48.2 Å². The van der Waals surface area contributed by atoms with E-state index in [1.807, 2.05) is 59.4 Å². The Bertz CT molecular complexity index is 909. The smallest absolute Gasteiger partial charge is 0.191 e. The second-order valence-electron chi connectivity index (χ2n) is 6.90. The lowest BCUT2D eigenvalue weighted by Crippen LogP contribution is -2.37. The fraction of sp³-hybridized carbons (Fsp3) is 0.304. The number of guanidine groups is 1. The molecule has 3 aromatic rings. The molecule has 0 bridgehead atoms. The number of aliphatic imine (C=N–C) groups is 1. The molecule has 0 amide bonds. The van der Waals surface area contributed by atoms with Crippen LogP contribution in [0.5, 0.6) is 5.75 Å². The van der Waals surface area contributed by atoms with Crippen molar-refractivity contribution in [1.29, 1.82) is 0 Å². The second-order valence-corrected chi connectivity index (χ2v) is 6.90. The van der Waals surface area contributed by atoms with Crippen molar-refractivity contribution in [2.45, 2.75) is 25.8 Å². The molecular formula is C23H30IN5O. The molecule has 0 fully saturated rings. The molecule has 0 spiro atoms. The number of para-hydroxylation sites is 1. The van der Waals surface area contributed by atoms with Crippen LogP contribution in [0.3, 0.4) is 0 Å². The summed E-state index contributed by atoms with van der Waals surface area (Å²) in [7, 11) is 3.47. The zero-order valence-electron chi connectivity index (χ0n) is 17.7. The fourth-order valence-electron chi connectivity index (χ4n) is 3.08. The highest BCUT2D eigenvalue weighted by Gasteiger charge is 2.07. The predicted octanol–water partition coefficient (Wildman–Crippen LogP) is 4.36. The Labute approximate surface area is 195 Å². The SMILES string of the molecule is CN=C(NCCC(C)c1ccc(OC)cc1)NCc1ccn(-c2ccccc2)n1.I. The average Bonchev–Trinajstić information content (AvgIpc) is 3.25. The van der Waals surface area contributed by atoms with E-state index in [1.54, 1.807) is 14.2 Å². The number of benzene rings is 2. The van der Waals surface area contributed by atoms with E-state index >= 15 is 0 Å². The number of ether oxygens (including phenoxy) is 1. The molecule has 1 atom stereocenters. The Morgan fingerprint density at radius 3 is 2.47 bits per heavy atom. The molecule has 1 aromatic heterocycles. The van der Waals surface area contributed by atoms with E-state index in [0.717, 1.165) is 36.1 Å². The van der Waals surface area contributed by atoms with Crippen molar-refractivity contribution in [3.63, 3.8) is 0 Å². The van der Waals surface area contributed by atoms with Crippen LogP contribution in [0.15, 0.2) is 71.9 Å². The van der Waals surface area contributed by atoms with E-state index in [9.17, 15) is 0 Å². The highest BCUT2D eigenvalue weighted by atomic mass is 127. The molecule has 6 nitrogen and oxygen atoms in total. The lowest BCUT2D eigenvalue weighted by atomic mass is 9.98. The molecule has 1 heterocycles. The van der Waals surface area contributed by atoms with Crippen LogP contribution >= 0.6 is 24.0 Å². The van der Waals surface area contributed by atoms with E-state index in [4.69, 9.17) is 4.74 Å². The monoisotopic (exact) mass is 519 g/mol. The van der Waals surface area contributed by atoms with Crippen LogP contribution in [0.25, 0.3) is 5.69 Å². The van der Waals surface area contributed by atoms with Gasteiger partial charge in [-0.1, -0.05) is 37.3 Å². The molecule has 7 heteroatoms. The quantitative estimate of drug-likeness (QED) is 0.264. The first-order valence-electron chi connectivity index (χ1n) is 9.88. The third-order valence-corrected chi connectivity index (χ3v) is 4.88. The number of halogens is 1. The van der Waals surface area contributed by atoms with Crippen LogP contribution in [0.4, 0.5) is 0 Å². The maximum Gasteiger partial charge on any atom is 0.191 e. The summed E-state index contributed by atoms with van der Waals surface area (Å²) in [5.74, 6) is 2.12. The minimum absolute atomic E-state index is 0. The maximum atomic E-state index is 5.22. The topological polar surface area (TPSA) is 63.5 Å². The molecule has 2 N–H and O–H groups in total. The van der Waals surface area contributed by atoms with Gasteiger partial charge >= 0.3 is 0 Å². The van der Waals surface area contributed by atoms with Gasteiger partial charge in [-0.2, -0.15) is 5.10 Å². The van der Waals surface area contributed by atoms with Crippen molar-refractivity contribution in [3.05, 3.63) is 78.1 Å². The van der Waals surface area contributed by atoms with Crippen LogP contribution in [0.2, 0.25) is 0 Å². The van der Waals surface area contributed by atoms with E-state index in [-0.39, 0.29) is 24.0 Å². The molecule has 0 saturated heterocycles. The molecule has 0 radical (unpaired) electrons. The molecule has 1 unspecified atom stereocenters. The first-order chi connectivity index (χ1) is 14.2. The summed E-state index contributed by atoms with van der Waals surface area (Å²) in [6.07, 6.45) is 2.98. The highest BCUT2D eigenvalue weighted by molar-refractivity contribution is 14.0. The van der Waals surface area contributed by atoms with Crippen LogP contribution in [0.1, 0.15) is 30.5 Å². The van der Waals surface area contributed by atoms with Crippen molar-refractivity contribution in [2.24, 2.45) is 4.99 Å². The number of hydrogen-bond donors (Lipinski definition) is 2. The number of aromatic nitrogens is 2. The van der Waals surface area contributed by atoms with Gasteiger partial charge in [0.05, 0.1) is 25.0 Å². The summed E-state index contributed by atoms with van der Waals surface area (Å²) in [4.78, 5) is 4.30. The third kappa shape index (κ3) is 6.76. The average molecular weight is 519 g/mol. The molecule has 2 aromatic carbocycles. The molecule has 0 aliphatic rings. The Morgan fingerprint density at radius 2 is 1.80 bits per heavy atom. The maximum absolute atomic E-state index is 5.22. The van der Waals surface area contributed by atoms with Crippen LogP contribution in [0, 0.1) is 0 Å². The Hall–Kier alpha value is -2.55. The summed E-state index contributed by atoms with van der Waals surface area (Å²) < 4.78 is 7.10. The number of hydrogen-bond acceptors (Lipinski definition) is 3. The standard InChI is InChI=1S/C23H29N5O.HI/c1-18(19-9-11-22(29-3)12-10-19)13-15-25-23(24-2)26-17-20-14-16-28(27-20)21-7-5-4-6-8-21;/h4-12,14,16,18H,13,15,17H2,1-3H3,(H2,24,25,26);1H. The fourth-order valence-corrected chi connectivity index (χ4v) is 3.08. The van der Waals surface area contributed by atoms with Gasteiger partial charge in [0.25, 0.3) is 0 Å². The molecule has 0 aliphatic carbocycles. The summed E-state index contributed by atoms with van der Waals surface area (Å²) in [5.41, 5.74) is 3.32. The molecular weight excluding hydrogens is 489 g/mol. The van der Waals surface area contributed by atoms with E-state index in [2.05, 4.69) is 39.8 Å². The van der Waals surface area contributed by atoms with Crippen molar-refractivity contribution in [2.75, 3.05) is 20.7 Å². The summed E-state index contributed by atoms with van der Waals surface area (Å²) in [5, 5.41) is 11.3. The van der Waals surface area contributed by atoms with Crippen molar-refractivity contribution in [3.8, 4) is 11.4 Å². The van der Waals surface area contributed by atoms with Crippen molar-refractivity contribution in [1.82, 2.24) is 20.4 Å². The first kappa shape index (κ1) is 23.7. The summed E-state index contributed by atoms with van der Waals surface area (Å²) in [6.45, 7) is 3.69. The minimum atomic E-state index is 0. The van der Waals surface area contributed by atoms with Gasteiger partial charge in [-0.25, -0.2) is 4.68 Å². The largest absolute Gasteiger partial charge is 0.497 e. The third-order valence-electron chi connectivity index (χ3n) is 4.88. The normalized spacial score (nSPS) is 12.0. The van der Waals surface area contributed by atoms with E-state index in [1.165, 1.54) is 5.56 Å². The summed E-state index contributed by atoms with van der Waals surface area (Å²) >= 11 is 0. The first-order valence-corrected chi connectivity index (χ1v) is 9.88. The van der Waals surface area contributed by atoms with Crippen LogP contribution in [-0.4, -0.2) is 36.4 Å². The van der Waals surface area contributed by atoms with Crippen LogP contribution in [-0.2, 0) is 6.54 Å². The number of rotatable bonds is 8. The second kappa shape index (κ2) is 12.2. The van der Waals surface area contributed by atoms with E-state index < -0.39 is 0 Å². The van der Waals surface area contributed by atoms with Gasteiger partial charge in [0.15, 0.2) is 5.96 Å². The van der Waals surface area contributed by atoms with Gasteiger partial charge in [0, 0.05) is 19.8 Å². The molecule has 160 valence electrons. The minimum Gasteiger partial charge on any atom is -0.497 e. The van der Waals surface area contributed by atoms with Gasteiger partial charge in [-0.3, -0.25) is 4.99 Å². The number of nitrogens with one attached hydrogen (secondary N) is 2. The zero-order valence-corrected chi connectivity index (χ0v) is 20.0. The lowest BCUT2D eigenvalue weighted by Gasteiger charge is -2.15. The predicted molar refractivity (Wildman–Crippen MR) is 133 cm³/mol. The lowest BCUT2D eigenvalue weighted by molar-refractivity contribution is 0.414. The van der Waals surface area contributed by atoms with Crippen molar-refractivity contribution < 1.29 is 4.74 Å². The number of nitrogens with zero attached hydrogens (tertiary/aromatic N) is 3. The summed E-state index contributed by atoms with van der Waals surface area (Å²) in [6, 6.07) is 20.4. The van der Waals surface area contributed by atoms with E-state index in [0.29, 0.717) is 12.5 Å². The Morgan fingerprint density at radius 1 is 1.07 bits per heavy atom. The molecule has 30 heavy (non-hydrogen) atoms. The molecule has 0 aliphatic heterocycles. The van der Waals surface area contributed by atoms with Gasteiger partial charge in [0.2, 0.25) is 0 Å². The molecule has 3 rings (SSSR count). The van der Waals surface area contributed by atoms with Gasteiger partial charge in [-0.15, -0.1) is 24.0 Å². The molecule has 0 saturated carbocycles. The van der Waals surface area contributed by atoms with Gasteiger partial charge in [0.1, 0.15) is 5.75 Å². The zero-order chi connectivity index (χ0) is 20.5. The van der Waals surface area contributed by atoms with Crippen molar-refractivity contribution >= 4 is 29.9 Å². The number of methoxy groups -OCH3 is 1. The highest BCUT2D eigenvalue weighted by Crippen LogP contribution is 2.21. The Balaban J connectivity index is 0.00000320. The van der Waals surface area contributed by atoms with Gasteiger partial charge < -0.3 is 15.4 Å². The Kier molecular flexibility index (Phi) is 9.66. The van der Waals surface area contributed by atoms with Crippen LogP contribution < -0.4 is 15.4 Å².